The van der Waals surface area contributed by atoms with Gasteiger partial charge in [0.15, 0.2) is 0 Å². The Morgan fingerprint density at radius 3 is 2.60 bits per heavy atom. The van der Waals surface area contributed by atoms with Gasteiger partial charge in [-0.25, -0.2) is 0 Å². The number of terminal acetylenes is 1. The van der Waals surface area contributed by atoms with Gasteiger partial charge < -0.3 is 10.5 Å². The smallest absolute Gasteiger partial charge is 0.0478 e. The summed E-state index contributed by atoms with van der Waals surface area (Å²) in [6.45, 7) is 2.24. The molecule has 0 aliphatic rings. The molecule has 0 rings (SSSR count). The van der Waals surface area contributed by atoms with E-state index in [2.05, 4.69) is 5.92 Å². The number of hydrogen-bond acceptors (Lipinski definition) is 2. The van der Waals surface area contributed by atoms with Crippen molar-refractivity contribution in [1.29, 1.82) is 0 Å². The largest absolute Gasteiger partial charge is 0.381 e. The van der Waals surface area contributed by atoms with Crippen molar-refractivity contribution in [2.45, 2.75) is 19.3 Å². The van der Waals surface area contributed by atoms with E-state index < -0.39 is 0 Å². The quantitative estimate of drug-likeness (QED) is 0.438. The first-order chi connectivity index (χ1) is 4.91. The first-order valence-electron chi connectivity index (χ1n) is 3.63. The van der Waals surface area contributed by atoms with Crippen LogP contribution in [-0.2, 0) is 4.74 Å². The van der Waals surface area contributed by atoms with Crippen LogP contribution in [0.25, 0.3) is 0 Å². The molecule has 0 saturated carbocycles. The fourth-order valence-electron chi connectivity index (χ4n) is 0.564. The average Bonchev–Trinajstić information content (AvgIpc) is 1.97. The summed E-state index contributed by atoms with van der Waals surface area (Å²) < 4.78 is 5.20. The Morgan fingerprint density at radius 2 is 2.00 bits per heavy atom. The van der Waals surface area contributed by atoms with E-state index in [0.717, 1.165) is 32.5 Å². The van der Waals surface area contributed by atoms with Crippen molar-refractivity contribution < 1.29 is 4.74 Å². The molecule has 10 heavy (non-hydrogen) atoms. The molecule has 0 spiro atoms. The monoisotopic (exact) mass is 141 g/mol. The third-order valence-electron chi connectivity index (χ3n) is 1.10. The highest BCUT2D eigenvalue weighted by Gasteiger charge is 1.85. The minimum Gasteiger partial charge on any atom is -0.381 e. The number of unbranched alkanes of at least 4 members (excludes halogenated alkanes) is 1. The van der Waals surface area contributed by atoms with E-state index in [4.69, 9.17) is 16.9 Å². The van der Waals surface area contributed by atoms with Crippen LogP contribution in [0.15, 0.2) is 0 Å². The van der Waals surface area contributed by atoms with Crippen LogP contribution in [0.5, 0.6) is 0 Å². The molecule has 0 aromatic rings. The Balaban J connectivity index is 2.72. The molecule has 0 aliphatic heterocycles. The van der Waals surface area contributed by atoms with Crippen molar-refractivity contribution in [3.05, 3.63) is 0 Å². The second-order valence-corrected chi connectivity index (χ2v) is 2.06. The Labute approximate surface area is 62.7 Å². The van der Waals surface area contributed by atoms with Crippen LogP contribution in [-0.4, -0.2) is 19.8 Å². The van der Waals surface area contributed by atoms with Crippen molar-refractivity contribution in [2.24, 2.45) is 5.73 Å². The molecular weight excluding hydrogens is 126 g/mol. The van der Waals surface area contributed by atoms with E-state index in [1.165, 1.54) is 0 Å². The van der Waals surface area contributed by atoms with E-state index in [1.807, 2.05) is 0 Å². The van der Waals surface area contributed by atoms with Gasteiger partial charge in [-0.1, -0.05) is 0 Å². The summed E-state index contributed by atoms with van der Waals surface area (Å²) in [4.78, 5) is 0. The number of ether oxygens (including phenoxy) is 1. The topological polar surface area (TPSA) is 35.2 Å². The lowest BCUT2D eigenvalue weighted by Crippen LogP contribution is -2.04. The Hall–Kier alpha value is -0.520. The van der Waals surface area contributed by atoms with Crippen LogP contribution >= 0.6 is 0 Å². The van der Waals surface area contributed by atoms with Gasteiger partial charge in [-0.05, 0) is 19.4 Å². The SMILES string of the molecule is C#CCCCOCCCN. The zero-order valence-electron chi connectivity index (χ0n) is 6.31. The van der Waals surface area contributed by atoms with Gasteiger partial charge in [0.05, 0.1) is 0 Å². The Kier molecular flexibility index (Phi) is 8.04. The molecule has 0 aromatic carbocycles. The second kappa shape index (κ2) is 8.48. The average molecular weight is 141 g/mol. The second-order valence-electron chi connectivity index (χ2n) is 2.06. The lowest BCUT2D eigenvalue weighted by molar-refractivity contribution is 0.132. The number of hydrogen-bond donors (Lipinski definition) is 1. The molecule has 0 aromatic heterocycles. The van der Waals surface area contributed by atoms with Crippen LogP contribution in [0, 0.1) is 12.3 Å². The molecule has 2 heteroatoms. The predicted octanol–water partition coefficient (Wildman–Crippen LogP) is 0.765. The van der Waals surface area contributed by atoms with Crippen molar-refractivity contribution in [1.82, 2.24) is 0 Å². The van der Waals surface area contributed by atoms with Gasteiger partial charge in [-0.3, -0.25) is 0 Å². The maximum atomic E-state index is 5.26. The Bertz CT molecular complexity index is 95.9. The predicted molar refractivity (Wildman–Crippen MR) is 42.6 cm³/mol. The fraction of sp³-hybridized carbons (Fsp3) is 0.750. The molecule has 0 atom stereocenters. The van der Waals surface area contributed by atoms with Crippen molar-refractivity contribution >= 4 is 0 Å². The van der Waals surface area contributed by atoms with Gasteiger partial charge in [-0.15, -0.1) is 12.3 Å². The first-order valence-corrected chi connectivity index (χ1v) is 3.63. The highest BCUT2D eigenvalue weighted by molar-refractivity contribution is 4.82. The highest BCUT2D eigenvalue weighted by atomic mass is 16.5. The van der Waals surface area contributed by atoms with Gasteiger partial charge >= 0.3 is 0 Å². The molecule has 0 aliphatic carbocycles. The molecular formula is C8H15NO. The molecule has 58 valence electrons. The van der Waals surface area contributed by atoms with Crippen LogP contribution in [0.4, 0.5) is 0 Å². The van der Waals surface area contributed by atoms with Crippen LogP contribution < -0.4 is 5.73 Å². The summed E-state index contributed by atoms with van der Waals surface area (Å²) in [6, 6.07) is 0. The van der Waals surface area contributed by atoms with Crippen LogP contribution in [0.3, 0.4) is 0 Å². The minimum absolute atomic E-state index is 0.704. The summed E-state index contributed by atoms with van der Waals surface area (Å²) >= 11 is 0. The summed E-state index contributed by atoms with van der Waals surface area (Å²) in [5, 5.41) is 0. The third-order valence-corrected chi connectivity index (χ3v) is 1.10. The molecule has 0 heterocycles. The molecule has 0 unspecified atom stereocenters. The summed E-state index contributed by atoms with van der Waals surface area (Å²) in [5.41, 5.74) is 5.26. The van der Waals surface area contributed by atoms with Crippen molar-refractivity contribution in [3.8, 4) is 12.3 Å². The van der Waals surface area contributed by atoms with E-state index >= 15 is 0 Å². The third kappa shape index (κ3) is 7.48. The first kappa shape index (κ1) is 9.48. The lowest BCUT2D eigenvalue weighted by Gasteiger charge is -1.99. The molecule has 0 radical (unpaired) electrons. The molecule has 0 saturated heterocycles. The van der Waals surface area contributed by atoms with Crippen molar-refractivity contribution in [2.75, 3.05) is 19.8 Å². The van der Waals surface area contributed by atoms with Gasteiger partial charge in [0.2, 0.25) is 0 Å². The summed E-state index contributed by atoms with van der Waals surface area (Å²) in [7, 11) is 0. The minimum atomic E-state index is 0.704. The fourth-order valence-corrected chi connectivity index (χ4v) is 0.564. The molecule has 0 bridgehead atoms. The lowest BCUT2D eigenvalue weighted by atomic mass is 10.3. The van der Waals surface area contributed by atoms with E-state index in [1.54, 1.807) is 0 Å². The van der Waals surface area contributed by atoms with Gasteiger partial charge in [0, 0.05) is 19.6 Å². The van der Waals surface area contributed by atoms with Gasteiger partial charge in [0.1, 0.15) is 0 Å². The van der Waals surface area contributed by atoms with Gasteiger partial charge in [0.25, 0.3) is 0 Å². The maximum Gasteiger partial charge on any atom is 0.0478 e. The molecule has 0 fully saturated rings. The zero-order chi connectivity index (χ0) is 7.66. The van der Waals surface area contributed by atoms with Crippen LogP contribution in [0.2, 0.25) is 0 Å². The van der Waals surface area contributed by atoms with E-state index in [9.17, 15) is 0 Å². The maximum absolute atomic E-state index is 5.26. The summed E-state index contributed by atoms with van der Waals surface area (Å²) in [6.07, 6.45) is 7.75. The van der Waals surface area contributed by atoms with Crippen LogP contribution in [0.1, 0.15) is 19.3 Å². The Morgan fingerprint density at radius 1 is 1.30 bits per heavy atom. The van der Waals surface area contributed by atoms with Gasteiger partial charge in [-0.2, -0.15) is 0 Å². The van der Waals surface area contributed by atoms with E-state index in [0.29, 0.717) is 6.54 Å². The highest BCUT2D eigenvalue weighted by Crippen LogP contribution is 1.88. The number of rotatable bonds is 6. The normalized spacial score (nSPS) is 9.20. The molecule has 2 N–H and O–H groups in total. The standard InChI is InChI=1S/C8H15NO/c1-2-3-4-7-10-8-5-6-9/h1H,3-9H2. The number of nitrogens with two attached hydrogens (primary N) is 1. The molecule has 2 nitrogen and oxygen atoms in total. The van der Waals surface area contributed by atoms with Crippen molar-refractivity contribution in [3.63, 3.8) is 0 Å². The zero-order valence-corrected chi connectivity index (χ0v) is 6.31. The summed E-state index contributed by atoms with van der Waals surface area (Å²) in [5.74, 6) is 2.55. The molecule has 0 amide bonds. The van der Waals surface area contributed by atoms with E-state index in [-0.39, 0.29) is 0 Å².